The molecule has 1 rings (SSSR count). The zero-order valence-electron chi connectivity index (χ0n) is 8.79. The van der Waals surface area contributed by atoms with E-state index in [1.807, 2.05) is 30.0 Å². The summed E-state index contributed by atoms with van der Waals surface area (Å²) in [5.74, 6) is 1.13. The monoisotopic (exact) mass is 210 g/mol. The molecule has 0 amide bonds. The Morgan fingerprint density at radius 2 is 2.14 bits per heavy atom. The fourth-order valence-electron chi connectivity index (χ4n) is 1.29. The van der Waals surface area contributed by atoms with Gasteiger partial charge in [0.25, 0.3) is 0 Å². The molecule has 78 valence electrons. The fraction of sp³-hybridized carbons (Fsp3) is 0.455. The third-order valence-corrected chi connectivity index (χ3v) is 2.95. The van der Waals surface area contributed by atoms with Crippen molar-refractivity contribution >= 4 is 17.4 Å². The van der Waals surface area contributed by atoms with Gasteiger partial charge in [0.2, 0.25) is 0 Å². The summed E-state index contributed by atoms with van der Waals surface area (Å²) in [6.45, 7) is 3.05. The van der Waals surface area contributed by atoms with Crippen LogP contribution in [0.5, 0.6) is 0 Å². The number of nitrogen functional groups attached to an aromatic ring is 1. The number of thioether (sulfide) groups is 1. The number of anilines is 1. The number of rotatable bonds is 5. The van der Waals surface area contributed by atoms with Crippen molar-refractivity contribution in [3.63, 3.8) is 0 Å². The highest BCUT2D eigenvalue weighted by atomic mass is 32.2. The van der Waals surface area contributed by atoms with Crippen LogP contribution in [0.4, 0.5) is 5.69 Å². The van der Waals surface area contributed by atoms with Gasteiger partial charge in [0.1, 0.15) is 0 Å². The summed E-state index contributed by atoms with van der Waals surface area (Å²) in [7, 11) is 0. The number of hydrogen-bond acceptors (Lipinski definition) is 3. The summed E-state index contributed by atoms with van der Waals surface area (Å²) in [6, 6.07) is 8.52. The van der Waals surface area contributed by atoms with Gasteiger partial charge in [-0.25, -0.2) is 0 Å². The first kappa shape index (κ1) is 11.4. The summed E-state index contributed by atoms with van der Waals surface area (Å²) >= 11 is 1.86. The number of nitrogens with two attached hydrogens (primary N) is 1. The standard InChI is InChI=1S/C11H18N2S/c1-9(8-14-2)13-7-10-5-3-4-6-11(10)12/h3-6,9,13H,7-8,12H2,1-2H3. The molecule has 0 aliphatic heterocycles. The normalized spacial score (nSPS) is 12.7. The smallest absolute Gasteiger partial charge is 0.0359 e. The fourth-order valence-corrected chi connectivity index (χ4v) is 1.91. The Hall–Kier alpha value is -0.670. The van der Waals surface area contributed by atoms with Crippen LogP contribution in [-0.4, -0.2) is 18.1 Å². The van der Waals surface area contributed by atoms with Crippen molar-refractivity contribution in [2.45, 2.75) is 19.5 Å². The molecular formula is C11H18N2S. The summed E-state index contributed by atoms with van der Waals surface area (Å²) in [6.07, 6.45) is 2.12. The van der Waals surface area contributed by atoms with E-state index in [0.717, 1.165) is 18.0 Å². The van der Waals surface area contributed by atoms with Crippen molar-refractivity contribution in [2.75, 3.05) is 17.7 Å². The Balaban J connectivity index is 2.41. The quantitative estimate of drug-likeness (QED) is 0.731. The van der Waals surface area contributed by atoms with E-state index in [1.54, 1.807) is 0 Å². The Labute approximate surface area is 90.3 Å². The van der Waals surface area contributed by atoms with Crippen molar-refractivity contribution in [2.24, 2.45) is 0 Å². The van der Waals surface area contributed by atoms with E-state index >= 15 is 0 Å². The van der Waals surface area contributed by atoms with Gasteiger partial charge in [-0.2, -0.15) is 11.8 Å². The maximum atomic E-state index is 5.84. The molecule has 0 saturated carbocycles. The second kappa shape index (κ2) is 5.94. The molecule has 1 aromatic carbocycles. The van der Waals surface area contributed by atoms with E-state index in [0.29, 0.717) is 6.04 Å². The number of nitrogens with one attached hydrogen (secondary N) is 1. The predicted octanol–water partition coefficient (Wildman–Crippen LogP) is 2.11. The lowest BCUT2D eigenvalue weighted by atomic mass is 10.2. The van der Waals surface area contributed by atoms with Gasteiger partial charge in [-0.05, 0) is 24.8 Å². The van der Waals surface area contributed by atoms with Crippen LogP contribution in [0, 0.1) is 0 Å². The molecule has 0 fully saturated rings. The summed E-state index contributed by atoms with van der Waals surface area (Å²) in [5.41, 5.74) is 7.89. The molecule has 0 bridgehead atoms. The largest absolute Gasteiger partial charge is 0.398 e. The average molecular weight is 210 g/mol. The van der Waals surface area contributed by atoms with Gasteiger partial charge in [0, 0.05) is 24.0 Å². The van der Waals surface area contributed by atoms with E-state index in [9.17, 15) is 0 Å². The second-order valence-corrected chi connectivity index (χ2v) is 4.35. The molecule has 2 nitrogen and oxygen atoms in total. The predicted molar refractivity (Wildman–Crippen MR) is 65.5 cm³/mol. The van der Waals surface area contributed by atoms with Crippen LogP contribution in [0.15, 0.2) is 24.3 Å². The van der Waals surface area contributed by atoms with E-state index in [-0.39, 0.29) is 0 Å². The van der Waals surface area contributed by atoms with Crippen LogP contribution in [0.2, 0.25) is 0 Å². The molecule has 1 unspecified atom stereocenters. The Bertz CT molecular complexity index is 276. The lowest BCUT2D eigenvalue weighted by molar-refractivity contribution is 0.597. The lowest BCUT2D eigenvalue weighted by Gasteiger charge is -2.13. The third kappa shape index (κ3) is 3.60. The molecule has 3 heteroatoms. The Kier molecular flexibility index (Phi) is 4.84. The Morgan fingerprint density at radius 1 is 1.43 bits per heavy atom. The van der Waals surface area contributed by atoms with Gasteiger partial charge in [-0.1, -0.05) is 18.2 Å². The van der Waals surface area contributed by atoms with Crippen LogP contribution in [-0.2, 0) is 6.54 Å². The lowest BCUT2D eigenvalue weighted by Crippen LogP contribution is -2.27. The highest BCUT2D eigenvalue weighted by Crippen LogP contribution is 2.10. The van der Waals surface area contributed by atoms with E-state index in [4.69, 9.17) is 5.73 Å². The topological polar surface area (TPSA) is 38.0 Å². The second-order valence-electron chi connectivity index (χ2n) is 3.44. The summed E-state index contributed by atoms with van der Waals surface area (Å²) in [4.78, 5) is 0. The zero-order chi connectivity index (χ0) is 10.4. The highest BCUT2D eigenvalue weighted by Gasteiger charge is 2.01. The molecule has 0 radical (unpaired) electrons. The van der Waals surface area contributed by atoms with E-state index in [1.165, 1.54) is 5.56 Å². The van der Waals surface area contributed by atoms with Crippen LogP contribution in [0.25, 0.3) is 0 Å². The van der Waals surface area contributed by atoms with Gasteiger partial charge in [-0.15, -0.1) is 0 Å². The first-order chi connectivity index (χ1) is 6.74. The summed E-state index contributed by atoms with van der Waals surface area (Å²) in [5, 5.41) is 3.44. The van der Waals surface area contributed by atoms with Gasteiger partial charge < -0.3 is 11.1 Å². The van der Waals surface area contributed by atoms with Crippen LogP contribution < -0.4 is 11.1 Å². The molecule has 3 N–H and O–H groups in total. The van der Waals surface area contributed by atoms with Gasteiger partial charge in [0.05, 0.1) is 0 Å². The molecular weight excluding hydrogens is 192 g/mol. The first-order valence-electron chi connectivity index (χ1n) is 4.79. The molecule has 0 saturated heterocycles. The first-order valence-corrected chi connectivity index (χ1v) is 6.19. The van der Waals surface area contributed by atoms with Crippen LogP contribution >= 0.6 is 11.8 Å². The highest BCUT2D eigenvalue weighted by molar-refractivity contribution is 7.98. The minimum atomic E-state index is 0.532. The molecule has 0 heterocycles. The van der Waals surface area contributed by atoms with Crippen molar-refractivity contribution in [3.05, 3.63) is 29.8 Å². The van der Waals surface area contributed by atoms with Crippen molar-refractivity contribution in [3.8, 4) is 0 Å². The molecule has 14 heavy (non-hydrogen) atoms. The minimum Gasteiger partial charge on any atom is -0.398 e. The van der Waals surface area contributed by atoms with Crippen molar-refractivity contribution in [1.29, 1.82) is 0 Å². The van der Waals surface area contributed by atoms with Crippen LogP contribution in [0.3, 0.4) is 0 Å². The maximum absolute atomic E-state index is 5.84. The number of para-hydroxylation sites is 1. The molecule has 1 atom stereocenters. The minimum absolute atomic E-state index is 0.532. The zero-order valence-corrected chi connectivity index (χ0v) is 9.60. The van der Waals surface area contributed by atoms with Gasteiger partial charge in [-0.3, -0.25) is 0 Å². The summed E-state index contributed by atoms with van der Waals surface area (Å²) < 4.78 is 0. The number of hydrogen-bond donors (Lipinski definition) is 2. The molecule has 0 aromatic heterocycles. The van der Waals surface area contributed by atoms with E-state index in [2.05, 4.69) is 24.6 Å². The maximum Gasteiger partial charge on any atom is 0.0359 e. The van der Waals surface area contributed by atoms with E-state index < -0.39 is 0 Å². The third-order valence-electron chi connectivity index (χ3n) is 2.11. The molecule has 0 aliphatic rings. The van der Waals surface area contributed by atoms with Crippen LogP contribution in [0.1, 0.15) is 12.5 Å². The van der Waals surface area contributed by atoms with Gasteiger partial charge in [0.15, 0.2) is 0 Å². The molecule has 0 spiro atoms. The van der Waals surface area contributed by atoms with Crippen molar-refractivity contribution in [1.82, 2.24) is 5.32 Å². The van der Waals surface area contributed by atoms with Gasteiger partial charge >= 0.3 is 0 Å². The molecule has 0 aliphatic carbocycles. The number of benzene rings is 1. The molecule has 1 aromatic rings. The SMILES string of the molecule is CSCC(C)NCc1ccccc1N. The Morgan fingerprint density at radius 3 is 2.79 bits per heavy atom. The average Bonchev–Trinajstić information content (AvgIpc) is 2.17. The van der Waals surface area contributed by atoms with Crippen molar-refractivity contribution < 1.29 is 0 Å².